The largest absolute Gasteiger partial charge is 0.481 e. The summed E-state index contributed by atoms with van der Waals surface area (Å²) < 4.78 is 13.5. The van der Waals surface area contributed by atoms with Crippen LogP contribution in [0.15, 0.2) is 29.2 Å². The van der Waals surface area contributed by atoms with Gasteiger partial charge in [0, 0.05) is 49.9 Å². The van der Waals surface area contributed by atoms with Crippen molar-refractivity contribution in [1.82, 2.24) is 9.80 Å². The molecule has 0 aromatic heterocycles. The number of nitrogens with zero attached hydrogens (tertiary/aromatic N) is 2. The monoisotopic (exact) mass is 312 g/mol. The van der Waals surface area contributed by atoms with Gasteiger partial charge in [-0.15, -0.1) is 11.8 Å². The van der Waals surface area contributed by atoms with Gasteiger partial charge in [-0.1, -0.05) is 12.1 Å². The zero-order chi connectivity index (χ0) is 15.1. The van der Waals surface area contributed by atoms with E-state index in [0.717, 1.165) is 38.5 Å². The molecule has 21 heavy (non-hydrogen) atoms. The molecule has 6 heteroatoms. The maximum atomic E-state index is 13.5. The lowest BCUT2D eigenvalue weighted by Crippen LogP contribution is -2.47. The molecule has 0 bridgehead atoms. The Morgan fingerprint density at radius 2 is 1.76 bits per heavy atom. The molecule has 1 aliphatic heterocycles. The lowest BCUT2D eigenvalue weighted by Gasteiger charge is -2.34. The smallest absolute Gasteiger partial charge is 0.304 e. The van der Waals surface area contributed by atoms with Gasteiger partial charge < -0.3 is 10.0 Å². The molecule has 1 saturated heterocycles. The van der Waals surface area contributed by atoms with E-state index in [-0.39, 0.29) is 12.2 Å². The summed E-state index contributed by atoms with van der Waals surface area (Å²) in [7, 11) is 0. The fourth-order valence-corrected chi connectivity index (χ4v) is 3.29. The van der Waals surface area contributed by atoms with Crippen LogP contribution in [0.4, 0.5) is 4.39 Å². The predicted octanol–water partition coefficient (Wildman–Crippen LogP) is 2.01. The Balaban J connectivity index is 1.63. The topological polar surface area (TPSA) is 43.8 Å². The molecule has 1 aromatic rings. The number of hydrogen-bond acceptors (Lipinski definition) is 4. The van der Waals surface area contributed by atoms with Gasteiger partial charge in [-0.2, -0.15) is 0 Å². The number of carboxylic acids is 1. The third kappa shape index (κ3) is 5.65. The molecule has 1 heterocycles. The van der Waals surface area contributed by atoms with Crippen LogP contribution in [-0.4, -0.2) is 65.9 Å². The first-order valence-electron chi connectivity index (χ1n) is 7.19. The number of aliphatic carboxylic acids is 1. The zero-order valence-electron chi connectivity index (χ0n) is 12.0. The molecule has 1 N–H and O–H groups in total. The molecule has 0 atom stereocenters. The molecular weight excluding hydrogens is 291 g/mol. The second-order valence-electron chi connectivity index (χ2n) is 5.11. The Hall–Kier alpha value is -1.11. The summed E-state index contributed by atoms with van der Waals surface area (Å²) in [4.78, 5) is 15.8. The van der Waals surface area contributed by atoms with Crippen molar-refractivity contribution in [2.75, 3.05) is 45.0 Å². The van der Waals surface area contributed by atoms with Crippen LogP contribution in [0.5, 0.6) is 0 Å². The highest BCUT2D eigenvalue weighted by molar-refractivity contribution is 7.99. The van der Waals surface area contributed by atoms with E-state index in [9.17, 15) is 9.18 Å². The van der Waals surface area contributed by atoms with Gasteiger partial charge in [0.2, 0.25) is 0 Å². The summed E-state index contributed by atoms with van der Waals surface area (Å²) in [6.07, 6.45) is 0.211. The average molecular weight is 312 g/mol. The van der Waals surface area contributed by atoms with Crippen LogP contribution in [0.1, 0.15) is 6.42 Å². The number of hydrogen-bond donors (Lipinski definition) is 1. The number of thioether (sulfide) groups is 1. The van der Waals surface area contributed by atoms with Crippen molar-refractivity contribution in [2.24, 2.45) is 0 Å². The molecule has 116 valence electrons. The van der Waals surface area contributed by atoms with Crippen LogP contribution in [-0.2, 0) is 4.79 Å². The second-order valence-corrected chi connectivity index (χ2v) is 6.24. The normalized spacial score (nSPS) is 17.0. The van der Waals surface area contributed by atoms with E-state index in [0.29, 0.717) is 11.4 Å². The van der Waals surface area contributed by atoms with Crippen molar-refractivity contribution in [1.29, 1.82) is 0 Å². The molecule has 0 aliphatic carbocycles. The number of carbonyl (C=O) groups is 1. The molecule has 1 fully saturated rings. The second kappa shape index (κ2) is 8.36. The van der Waals surface area contributed by atoms with Crippen LogP contribution < -0.4 is 0 Å². The number of carboxylic acid groups (broad SMARTS) is 1. The SMILES string of the molecule is O=C(O)CCN1CCN(CCSc2ccccc2F)CC1. The number of halogens is 1. The molecule has 0 spiro atoms. The molecule has 0 saturated carbocycles. The van der Waals surface area contributed by atoms with Crippen LogP contribution in [0, 0.1) is 5.82 Å². The van der Waals surface area contributed by atoms with Crippen molar-refractivity contribution >= 4 is 17.7 Å². The summed E-state index contributed by atoms with van der Waals surface area (Å²) >= 11 is 1.55. The minimum atomic E-state index is -0.737. The van der Waals surface area contributed by atoms with Crippen LogP contribution in [0.2, 0.25) is 0 Å². The predicted molar refractivity (Wildman–Crippen MR) is 82.3 cm³/mol. The average Bonchev–Trinajstić information content (AvgIpc) is 2.48. The van der Waals surface area contributed by atoms with Crippen LogP contribution in [0.3, 0.4) is 0 Å². The molecule has 1 aliphatic rings. The van der Waals surface area contributed by atoms with E-state index >= 15 is 0 Å². The van der Waals surface area contributed by atoms with E-state index in [1.807, 2.05) is 12.1 Å². The van der Waals surface area contributed by atoms with Crippen LogP contribution >= 0.6 is 11.8 Å². The van der Waals surface area contributed by atoms with Crippen molar-refractivity contribution < 1.29 is 14.3 Å². The summed E-state index contributed by atoms with van der Waals surface area (Å²) in [5.74, 6) is -0.0181. The number of benzene rings is 1. The van der Waals surface area contributed by atoms with Gasteiger partial charge in [-0.3, -0.25) is 9.69 Å². The Morgan fingerprint density at radius 1 is 1.14 bits per heavy atom. The highest BCUT2D eigenvalue weighted by Crippen LogP contribution is 2.21. The summed E-state index contributed by atoms with van der Waals surface area (Å²) in [6.45, 7) is 5.31. The van der Waals surface area contributed by atoms with Crippen molar-refractivity contribution in [3.63, 3.8) is 0 Å². The summed E-state index contributed by atoms with van der Waals surface area (Å²) in [5.41, 5.74) is 0. The maximum absolute atomic E-state index is 13.5. The quantitative estimate of drug-likeness (QED) is 0.780. The minimum Gasteiger partial charge on any atom is -0.481 e. The third-order valence-corrected chi connectivity index (χ3v) is 4.64. The fraction of sp³-hybridized carbons (Fsp3) is 0.533. The van der Waals surface area contributed by atoms with E-state index in [4.69, 9.17) is 5.11 Å². The van der Waals surface area contributed by atoms with E-state index in [1.165, 1.54) is 6.07 Å². The van der Waals surface area contributed by atoms with E-state index in [1.54, 1.807) is 17.8 Å². The fourth-order valence-electron chi connectivity index (χ4n) is 2.34. The van der Waals surface area contributed by atoms with Gasteiger partial charge in [-0.25, -0.2) is 4.39 Å². The first-order chi connectivity index (χ1) is 10.1. The van der Waals surface area contributed by atoms with Crippen molar-refractivity contribution in [3.8, 4) is 0 Å². The van der Waals surface area contributed by atoms with Gasteiger partial charge in [-0.05, 0) is 12.1 Å². The molecule has 2 rings (SSSR count). The Bertz CT molecular complexity index is 465. The number of piperazine rings is 1. The summed E-state index contributed by atoms with van der Waals surface area (Å²) in [6, 6.07) is 6.86. The third-order valence-electron chi connectivity index (χ3n) is 3.61. The first-order valence-corrected chi connectivity index (χ1v) is 8.17. The Labute approximate surface area is 128 Å². The van der Waals surface area contributed by atoms with Crippen LogP contribution in [0.25, 0.3) is 0 Å². The molecule has 0 radical (unpaired) electrons. The molecule has 4 nitrogen and oxygen atoms in total. The molecule has 0 amide bonds. The lowest BCUT2D eigenvalue weighted by molar-refractivity contribution is -0.137. The van der Waals surface area contributed by atoms with Gasteiger partial charge in [0.25, 0.3) is 0 Å². The standard InChI is InChI=1S/C15H21FN2O2S/c16-13-3-1-2-4-14(13)21-12-11-18-9-7-17(8-10-18)6-5-15(19)20/h1-4H,5-12H2,(H,19,20). The lowest BCUT2D eigenvalue weighted by atomic mass is 10.3. The van der Waals surface area contributed by atoms with E-state index < -0.39 is 5.97 Å². The highest BCUT2D eigenvalue weighted by Gasteiger charge is 2.17. The first kappa shape index (κ1) is 16.3. The Kier molecular flexibility index (Phi) is 6.48. The highest BCUT2D eigenvalue weighted by atomic mass is 32.2. The molecule has 0 unspecified atom stereocenters. The summed E-state index contributed by atoms with van der Waals surface area (Å²) in [5, 5.41) is 8.67. The van der Waals surface area contributed by atoms with Gasteiger partial charge in [0.05, 0.1) is 6.42 Å². The van der Waals surface area contributed by atoms with E-state index in [2.05, 4.69) is 9.80 Å². The Morgan fingerprint density at radius 3 is 2.38 bits per heavy atom. The maximum Gasteiger partial charge on any atom is 0.304 e. The molecular formula is C15H21FN2O2S. The van der Waals surface area contributed by atoms with Crippen molar-refractivity contribution in [2.45, 2.75) is 11.3 Å². The molecule has 1 aromatic carbocycles. The van der Waals surface area contributed by atoms with Gasteiger partial charge in [0.1, 0.15) is 5.82 Å². The zero-order valence-corrected chi connectivity index (χ0v) is 12.8. The van der Waals surface area contributed by atoms with Gasteiger partial charge >= 0.3 is 5.97 Å². The van der Waals surface area contributed by atoms with Crippen molar-refractivity contribution in [3.05, 3.63) is 30.1 Å². The minimum absolute atomic E-state index is 0.152. The number of rotatable bonds is 7. The van der Waals surface area contributed by atoms with Gasteiger partial charge in [0.15, 0.2) is 0 Å².